The third-order valence-corrected chi connectivity index (χ3v) is 16.0. The van der Waals surface area contributed by atoms with E-state index in [1.54, 1.807) is 22.3 Å². The Bertz CT molecular complexity index is 3260. The van der Waals surface area contributed by atoms with E-state index in [1.807, 2.05) is 42.5 Å². The van der Waals surface area contributed by atoms with E-state index in [1.165, 1.54) is 19.1 Å². The minimum atomic E-state index is -5.58. The maximum absolute atomic E-state index is 15.6. The number of hydrogen-bond acceptors (Lipinski definition) is 9. The summed E-state index contributed by atoms with van der Waals surface area (Å²) in [5.41, 5.74) is 8.64. The summed E-state index contributed by atoms with van der Waals surface area (Å²) in [6.07, 6.45) is 0. The summed E-state index contributed by atoms with van der Waals surface area (Å²) >= 11 is -2.56. The fraction of sp³-hybridized carbons (Fsp3) is 0.273. The molecule has 1 aliphatic carbocycles. The summed E-state index contributed by atoms with van der Waals surface area (Å²) < 4.78 is 117. The van der Waals surface area contributed by atoms with Crippen LogP contribution in [-0.2, 0) is 30.9 Å². The van der Waals surface area contributed by atoms with Gasteiger partial charge in [0.2, 0.25) is 0 Å². The van der Waals surface area contributed by atoms with Crippen LogP contribution < -0.4 is 14.8 Å². The third-order valence-electron chi connectivity index (χ3n) is 11.8. The fourth-order valence-electron chi connectivity index (χ4n) is 8.30. The second kappa shape index (κ2) is 21.8. The van der Waals surface area contributed by atoms with Gasteiger partial charge in [0.15, 0.2) is 33.1 Å². The molecule has 7 rings (SSSR count). The number of sulfonamides is 1. The van der Waals surface area contributed by atoms with Gasteiger partial charge >= 0.3 is 5.97 Å². The molecule has 0 spiro atoms. The van der Waals surface area contributed by atoms with Crippen molar-refractivity contribution in [2.45, 2.75) is 101 Å². The normalized spacial score (nSPS) is 12.8. The summed E-state index contributed by atoms with van der Waals surface area (Å²) in [5.74, 6) is -8.46. The number of nitrogens with one attached hydrogen (secondary N) is 2. The van der Waals surface area contributed by atoms with Crippen molar-refractivity contribution >= 4 is 67.1 Å². The van der Waals surface area contributed by atoms with Gasteiger partial charge in [-0.05, 0) is 93.4 Å². The minimum absolute atomic E-state index is 0.0586. The van der Waals surface area contributed by atoms with Crippen LogP contribution in [0, 0.1) is 23.3 Å². The highest BCUT2D eigenvalue weighted by atomic mass is 32.3. The molecule has 0 saturated carbocycles. The Hall–Kier alpha value is -5.91. The van der Waals surface area contributed by atoms with Crippen molar-refractivity contribution in [2.24, 2.45) is 4.99 Å². The van der Waals surface area contributed by atoms with Crippen molar-refractivity contribution in [3.8, 4) is 22.5 Å². The number of fused-ring (bicyclic) bond motifs is 2. The van der Waals surface area contributed by atoms with Crippen LogP contribution in [0.25, 0.3) is 33.4 Å². The summed E-state index contributed by atoms with van der Waals surface area (Å²) in [4.78, 5) is 13.6. The first kappa shape index (κ1) is 52.9. The lowest BCUT2D eigenvalue weighted by Crippen LogP contribution is -2.33. The van der Waals surface area contributed by atoms with E-state index in [0.717, 1.165) is 33.6 Å². The number of anilines is 2. The Morgan fingerprint density at radius 2 is 1.34 bits per heavy atom. The van der Waals surface area contributed by atoms with E-state index < -0.39 is 67.0 Å². The van der Waals surface area contributed by atoms with E-state index in [9.17, 15) is 17.8 Å². The molecule has 1 atom stereocenters. The standard InChI is InChI=1S/C55H55F4N3O6S3/c1-29(2)36-16-13-17-37(30(3)4)51(36)60-34-21-23-40-43(27-34)68-44-28-35(61-52-38(31(5)6)18-14-19-39(52)32(7)8)22-24-41(44)46(40)42-15-11-12-20-45(42)70(64)62-71(65,66)54-49(58)47(56)53(48(57)50(54)59)69-26-25-67-55(63)33(9)10/h11-24,27-32,60,62H,9,25-26H2,1-8,10H3/b61-35+. The molecule has 0 saturated heterocycles. The molecular formula is C55H55F4N3O6S3. The Morgan fingerprint density at radius 1 is 0.761 bits per heavy atom. The van der Waals surface area contributed by atoms with Crippen molar-refractivity contribution in [1.29, 1.82) is 0 Å². The zero-order valence-corrected chi connectivity index (χ0v) is 43.3. The number of nitrogens with zero attached hydrogens (tertiary/aromatic N) is 1. The lowest BCUT2D eigenvalue weighted by molar-refractivity contribution is -0.138. The molecule has 16 heteroatoms. The molecule has 372 valence electrons. The van der Waals surface area contributed by atoms with Crippen LogP contribution in [0.2, 0.25) is 0 Å². The molecule has 0 fully saturated rings. The van der Waals surface area contributed by atoms with Gasteiger partial charge in [-0.2, -0.15) is 0 Å². The molecule has 71 heavy (non-hydrogen) atoms. The van der Waals surface area contributed by atoms with E-state index in [0.29, 0.717) is 38.9 Å². The van der Waals surface area contributed by atoms with Crippen molar-refractivity contribution in [3.05, 3.63) is 160 Å². The lowest BCUT2D eigenvalue weighted by atomic mass is 9.92. The highest BCUT2D eigenvalue weighted by Gasteiger charge is 2.37. The molecule has 0 amide bonds. The van der Waals surface area contributed by atoms with Gasteiger partial charge in [-0.25, -0.2) is 35.8 Å². The number of benzene rings is 6. The second-order valence-electron chi connectivity index (χ2n) is 18.4. The number of hydrogen-bond donors (Lipinski definition) is 2. The van der Waals surface area contributed by atoms with Gasteiger partial charge in [-0.15, -0.1) is 11.8 Å². The van der Waals surface area contributed by atoms with Gasteiger partial charge in [0.05, 0.1) is 27.3 Å². The first-order valence-corrected chi connectivity index (χ1v) is 26.7. The predicted molar refractivity (Wildman–Crippen MR) is 276 cm³/mol. The number of ether oxygens (including phenoxy) is 1. The number of para-hydroxylation sites is 2. The Morgan fingerprint density at radius 3 is 1.92 bits per heavy atom. The van der Waals surface area contributed by atoms with Gasteiger partial charge in [-0.3, -0.25) is 0 Å². The topological polar surface area (TPSA) is 133 Å². The summed E-state index contributed by atoms with van der Waals surface area (Å²) in [5, 5.41) is 4.78. The summed E-state index contributed by atoms with van der Waals surface area (Å²) in [6, 6.07) is 29.5. The SMILES string of the molecule is C=C(C)C(=O)OCCSc1c(F)c(F)c(S(=O)(=O)N[S+]([O-])c2ccccc2-c2c3cc/c(=N\c4c(C(C)C)cccc4C(C)C)cc-3oc3cc(Nc4c(C(C)C)cccc4C(C)C)ccc23)c(F)c1F. The molecule has 2 aliphatic rings. The minimum Gasteiger partial charge on any atom is -0.592 e. The molecule has 0 bridgehead atoms. The van der Waals surface area contributed by atoms with Crippen LogP contribution in [0.4, 0.5) is 34.6 Å². The summed E-state index contributed by atoms with van der Waals surface area (Å²) in [7, 11) is -5.58. The number of halogens is 4. The zero-order chi connectivity index (χ0) is 51.6. The Kier molecular flexibility index (Phi) is 16.3. The highest BCUT2D eigenvalue weighted by molar-refractivity contribution is 8.04. The fourth-order valence-corrected chi connectivity index (χ4v) is 11.8. The lowest BCUT2D eigenvalue weighted by Gasteiger charge is -2.22. The van der Waals surface area contributed by atoms with Crippen molar-refractivity contribution < 1.29 is 44.5 Å². The number of carbonyl (C=O) groups excluding carboxylic acids is 1. The third kappa shape index (κ3) is 11.1. The second-order valence-corrected chi connectivity index (χ2v) is 22.5. The van der Waals surface area contributed by atoms with Gasteiger partial charge in [0.25, 0.3) is 10.0 Å². The first-order valence-electron chi connectivity index (χ1n) is 23.0. The summed E-state index contributed by atoms with van der Waals surface area (Å²) in [6.45, 7) is 21.4. The van der Waals surface area contributed by atoms with E-state index in [4.69, 9.17) is 14.1 Å². The van der Waals surface area contributed by atoms with Crippen molar-refractivity contribution in [2.75, 3.05) is 17.7 Å². The molecule has 1 aliphatic heterocycles. The molecule has 5 aromatic carbocycles. The van der Waals surface area contributed by atoms with Crippen molar-refractivity contribution in [1.82, 2.24) is 4.13 Å². The van der Waals surface area contributed by atoms with E-state index in [-0.39, 0.29) is 57.2 Å². The number of rotatable bonds is 17. The predicted octanol–water partition coefficient (Wildman–Crippen LogP) is 14.4. The molecular weight excluding hydrogens is 971 g/mol. The average Bonchev–Trinajstić information content (AvgIpc) is 3.31. The van der Waals surface area contributed by atoms with Crippen molar-refractivity contribution in [3.63, 3.8) is 0 Å². The number of carbonyl (C=O) groups is 1. The number of thioether (sulfide) groups is 1. The Labute approximate surface area is 419 Å². The van der Waals surface area contributed by atoms with Gasteiger partial charge in [-0.1, -0.05) is 110 Å². The van der Waals surface area contributed by atoms with E-state index >= 15 is 17.6 Å². The molecule has 0 radical (unpaired) electrons. The smallest absolute Gasteiger partial charge is 0.333 e. The molecule has 2 N–H and O–H groups in total. The molecule has 9 nitrogen and oxygen atoms in total. The molecule has 0 aromatic heterocycles. The maximum atomic E-state index is 15.6. The van der Waals surface area contributed by atoms with Crippen LogP contribution >= 0.6 is 11.8 Å². The molecule has 1 heterocycles. The quantitative estimate of drug-likeness (QED) is 0.0135. The Balaban J connectivity index is 1.37. The van der Waals surface area contributed by atoms with Gasteiger partial charge < -0.3 is 19.0 Å². The van der Waals surface area contributed by atoms with E-state index in [2.05, 4.69) is 91.6 Å². The van der Waals surface area contributed by atoms with Crippen LogP contribution in [0.1, 0.15) is 108 Å². The van der Waals surface area contributed by atoms with Gasteiger partial charge in [0, 0.05) is 56.9 Å². The van der Waals surface area contributed by atoms with Crippen LogP contribution in [0.3, 0.4) is 0 Å². The van der Waals surface area contributed by atoms with Crippen LogP contribution in [0.5, 0.6) is 0 Å². The highest BCUT2D eigenvalue weighted by Crippen LogP contribution is 2.44. The molecule has 1 unspecified atom stereocenters. The van der Waals surface area contributed by atoms with Crippen LogP contribution in [-0.4, -0.2) is 31.3 Å². The van der Waals surface area contributed by atoms with Crippen LogP contribution in [0.15, 0.2) is 133 Å². The molecule has 5 aromatic rings. The first-order chi connectivity index (χ1) is 33.6. The average molecular weight is 1030 g/mol. The monoisotopic (exact) mass is 1030 g/mol. The maximum Gasteiger partial charge on any atom is 0.333 e. The zero-order valence-electron chi connectivity index (χ0n) is 40.8. The number of esters is 1. The largest absolute Gasteiger partial charge is 0.592 e. The van der Waals surface area contributed by atoms with Gasteiger partial charge in [0.1, 0.15) is 18.0 Å².